The zero-order valence-corrected chi connectivity index (χ0v) is 7.58. The molecule has 2 heterocycles. The van der Waals surface area contributed by atoms with Crippen LogP contribution in [0.1, 0.15) is 0 Å². The van der Waals surface area contributed by atoms with Crippen molar-refractivity contribution in [3.8, 4) is 11.4 Å². The molecule has 0 unspecified atom stereocenters. The summed E-state index contributed by atoms with van der Waals surface area (Å²) in [6.45, 7) is 0. The third-order valence-electron chi connectivity index (χ3n) is 1.59. The van der Waals surface area contributed by atoms with Crippen molar-refractivity contribution in [2.24, 2.45) is 0 Å². The van der Waals surface area contributed by atoms with Gasteiger partial charge in [0.1, 0.15) is 4.64 Å². The maximum atomic E-state index is 4.95. The second-order valence-electron chi connectivity index (χ2n) is 2.53. The lowest BCUT2D eigenvalue weighted by atomic mass is 10.3. The van der Waals surface area contributed by atoms with E-state index in [-0.39, 0.29) is 0 Å². The van der Waals surface area contributed by atoms with Gasteiger partial charge in [0.05, 0.1) is 23.8 Å². The average Bonchev–Trinajstić information content (AvgIpc) is 2.19. The van der Waals surface area contributed by atoms with Crippen LogP contribution in [-0.4, -0.2) is 15.0 Å². The molecule has 0 atom stereocenters. The van der Waals surface area contributed by atoms with E-state index in [2.05, 4.69) is 15.0 Å². The summed E-state index contributed by atoms with van der Waals surface area (Å²) in [6, 6.07) is 5.70. The van der Waals surface area contributed by atoms with E-state index in [9.17, 15) is 0 Å². The summed E-state index contributed by atoms with van der Waals surface area (Å²) in [5.74, 6) is 0. The molecule has 2 aromatic heterocycles. The van der Waals surface area contributed by atoms with E-state index >= 15 is 0 Å². The van der Waals surface area contributed by atoms with Gasteiger partial charge in [0, 0.05) is 6.20 Å². The van der Waals surface area contributed by atoms with Crippen LogP contribution >= 0.6 is 12.2 Å². The third kappa shape index (κ3) is 1.78. The van der Waals surface area contributed by atoms with Crippen molar-refractivity contribution < 1.29 is 0 Å². The van der Waals surface area contributed by atoms with E-state index in [1.54, 1.807) is 18.6 Å². The highest BCUT2D eigenvalue weighted by atomic mass is 32.1. The highest BCUT2D eigenvalue weighted by Crippen LogP contribution is 2.10. The van der Waals surface area contributed by atoms with Crippen molar-refractivity contribution in [3.05, 3.63) is 41.4 Å². The number of aromatic nitrogens is 3. The van der Waals surface area contributed by atoms with Crippen LogP contribution in [0.5, 0.6) is 0 Å². The summed E-state index contributed by atoms with van der Waals surface area (Å²) in [4.78, 5) is 11.2. The lowest BCUT2D eigenvalue weighted by Crippen LogP contribution is -1.87. The number of nitrogens with zero attached hydrogens (tertiary/aromatic N) is 2. The molecule has 4 heteroatoms. The normalized spacial score (nSPS) is 9.85. The Hall–Kier alpha value is -1.55. The molecule has 0 spiro atoms. The Bertz CT molecular complexity index is 450. The SMILES string of the molecule is S=c1cncc(-c2ccccn2)[nH]1. The van der Waals surface area contributed by atoms with E-state index in [0.29, 0.717) is 4.64 Å². The van der Waals surface area contributed by atoms with E-state index in [4.69, 9.17) is 12.2 Å². The standard InChI is InChI=1S/C9H7N3S/c13-9-6-10-5-8(12-9)7-3-1-2-4-11-7/h1-6H,(H,12,13). The van der Waals surface area contributed by atoms with Crippen molar-refractivity contribution in [2.45, 2.75) is 0 Å². The molecule has 0 saturated heterocycles. The van der Waals surface area contributed by atoms with Crippen LogP contribution in [0.15, 0.2) is 36.8 Å². The molecule has 1 N–H and O–H groups in total. The highest BCUT2D eigenvalue weighted by Gasteiger charge is 1.96. The van der Waals surface area contributed by atoms with Gasteiger partial charge in [-0.3, -0.25) is 9.97 Å². The molecule has 0 radical (unpaired) electrons. The molecule has 0 aromatic carbocycles. The molecule has 0 saturated carbocycles. The monoisotopic (exact) mass is 189 g/mol. The fraction of sp³-hybridized carbons (Fsp3) is 0. The summed E-state index contributed by atoms with van der Waals surface area (Å²) >= 11 is 4.95. The number of nitrogens with one attached hydrogen (secondary N) is 1. The Morgan fingerprint density at radius 3 is 2.85 bits per heavy atom. The van der Waals surface area contributed by atoms with E-state index in [1.807, 2.05) is 18.2 Å². The molecule has 2 aromatic rings. The van der Waals surface area contributed by atoms with Crippen molar-refractivity contribution in [2.75, 3.05) is 0 Å². The van der Waals surface area contributed by atoms with Crippen LogP contribution < -0.4 is 0 Å². The van der Waals surface area contributed by atoms with Crippen LogP contribution in [-0.2, 0) is 0 Å². The molecule has 0 aliphatic rings. The molecule has 2 rings (SSSR count). The first kappa shape index (κ1) is 8.07. The zero-order valence-electron chi connectivity index (χ0n) is 6.77. The Balaban J connectivity index is 2.54. The van der Waals surface area contributed by atoms with Crippen molar-refractivity contribution >= 4 is 12.2 Å². The zero-order chi connectivity index (χ0) is 9.10. The van der Waals surface area contributed by atoms with Gasteiger partial charge in [0.25, 0.3) is 0 Å². The molecule has 64 valence electrons. The number of H-pyrrole nitrogens is 1. The van der Waals surface area contributed by atoms with E-state index < -0.39 is 0 Å². The van der Waals surface area contributed by atoms with Crippen LogP contribution in [0, 0.1) is 4.64 Å². The minimum atomic E-state index is 0.614. The lowest BCUT2D eigenvalue weighted by molar-refractivity contribution is 1.16. The molecule has 3 nitrogen and oxygen atoms in total. The maximum absolute atomic E-state index is 4.95. The van der Waals surface area contributed by atoms with Gasteiger partial charge in [0.2, 0.25) is 0 Å². The fourth-order valence-corrected chi connectivity index (χ4v) is 1.20. The molecule has 0 fully saturated rings. The van der Waals surface area contributed by atoms with Gasteiger partial charge in [-0.05, 0) is 12.1 Å². The summed E-state index contributed by atoms with van der Waals surface area (Å²) in [5, 5.41) is 0. The smallest absolute Gasteiger partial charge is 0.122 e. The van der Waals surface area contributed by atoms with Gasteiger partial charge in [-0.1, -0.05) is 18.3 Å². The minimum Gasteiger partial charge on any atom is -0.342 e. The molecular weight excluding hydrogens is 182 g/mol. The van der Waals surface area contributed by atoms with Gasteiger partial charge in [-0.25, -0.2) is 0 Å². The second-order valence-corrected chi connectivity index (χ2v) is 2.97. The van der Waals surface area contributed by atoms with E-state index in [0.717, 1.165) is 11.4 Å². The van der Waals surface area contributed by atoms with Crippen molar-refractivity contribution in [1.29, 1.82) is 0 Å². The molecule has 0 bridgehead atoms. The van der Waals surface area contributed by atoms with Crippen molar-refractivity contribution in [1.82, 2.24) is 15.0 Å². The Morgan fingerprint density at radius 2 is 2.15 bits per heavy atom. The largest absolute Gasteiger partial charge is 0.342 e. The Kier molecular flexibility index (Phi) is 2.14. The second kappa shape index (κ2) is 3.45. The first-order chi connectivity index (χ1) is 6.36. The molecular formula is C9H7N3S. The van der Waals surface area contributed by atoms with Gasteiger partial charge in [0.15, 0.2) is 0 Å². The first-order valence-electron chi connectivity index (χ1n) is 3.82. The first-order valence-corrected chi connectivity index (χ1v) is 4.23. The fourth-order valence-electron chi connectivity index (χ4n) is 1.03. The summed E-state index contributed by atoms with van der Waals surface area (Å²) in [5.41, 5.74) is 1.69. The number of pyridine rings is 1. The van der Waals surface area contributed by atoms with Gasteiger partial charge in [-0.15, -0.1) is 0 Å². The minimum absolute atomic E-state index is 0.614. The predicted molar refractivity (Wildman–Crippen MR) is 52.7 cm³/mol. The number of hydrogen-bond donors (Lipinski definition) is 1. The summed E-state index contributed by atoms with van der Waals surface area (Å²) < 4.78 is 0.614. The Morgan fingerprint density at radius 1 is 1.23 bits per heavy atom. The average molecular weight is 189 g/mol. The number of rotatable bonds is 1. The van der Waals surface area contributed by atoms with Gasteiger partial charge in [-0.2, -0.15) is 0 Å². The van der Waals surface area contributed by atoms with Gasteiger partial charge >= 0.3 is 0 Å². The lowest BCUT2D eigenvalue weighted by Gasteiger charge is -1.97. The van der Waals surface area contributed by atoms with Crippen LogP contribution in [0.25, 0.3) is 11.4 Å². The molecule has 13 heavy (non-hydrogen) atoms. The van der Waals surface area contributed by atoms with E-state index in [1.165, 1.54) is 0 Å². The molecule has 0 aliphatic carbocycles. The van der Waals surface area contributed by atoms with Crippen molar-refractivity contribution in [3.63, 3.8) is 0 Å². The Labute approximate surface area is 80.5 Å². The molecule has 0 amide bonds. The summed E-state index contributed by atoms with van der Waals surface area (Å²) in [7, 11) is 0. The highest BCUT2D eigenvalue weighted by molar-refractivity contribution is 7.71. The van der Waals surface area contributed by atoms with Crippen LogP contribution in [0.2, 0.25) is 0 Å². The molecule has 0 aliphatic heterocycles. The third-order valence-corrected chi connectivity index (χ3v) is 1.80. The topological polar surface area (TPSA) is 41.6 Å². The van der Waals surface area contributed by atoms with Crippen LogP contribution in [0.3, 0.4) is 0 Å². The quantitative estimate of drug-likeness (QED) is 0.699. The van der Waals surface area contributed by atoms with Crippen LogP contribution in [0.4, 0.5) is 0 Å². The maximum Gasteiger partial charge on any atom is 0.122 e. The predicted octanol–water partition coefficient (Wildman–Crippen LogP) is 2.20. The number of aromatic amines is 1. The summed E-state index contributed by atoms with van der Waals surface area (Å²) in [6.07, 6.45) is 5.04. The van der Waals surface area contributed by atoms with Gasteiger partial charge < -0.3 is 4.98 Å². The number of hydrogen-bond acceptors (Lipinski definition) is 3.